The van der Waals surface area contributed by atoms with Gasteiger partial charge in [0.05, 0.1) is 12.4 Å². The fraction of sp³-hybridized carbons (Fsp3) is 0.600. The molecule has 5 heteroatoms. The first-order chi connectivity index (χ1) is 9.31. The van der Waals surface area contributed by atoms with E-state index in [2.05, 4.69) is 6.92 Å². The van der Waals surface area contributed by atoms with Gasteiger partial charge in [-0.2, -0.15) is 0 Å². The van der Waals surface area contributed by atoms with E-state index in [9.17, 15) is 8.42 Å². The van der Waals surface area contributed by atoms with Crippen LogP contribution in [0, 0.1) is 11.8 Å². The van der Waals surface area contributed by atoms with Gasteiger partial charge in [-0.1, -0.05) is 39.3 Å². The minimum absolute atomic E-state index is 0.0431. The maximum Gasteiger partial charge on any atom is 0.209 e. The Bertz CT molecular complexity index is 494. The van der Waals surface area contributed by atoms with E-state index < -0.39 is 10.0 Å². The molecule has 0 amide bonds. The van der Waals surface area contributed by atoms with Crippen molar-refractivity contribution >= 4 is 10.0 Å². The lowest BCUT2D eigenvalue weighted by Crippen LogP contribution is -2.30. The predicted octanol–water partition coefficient (Wildman–Crippen LogP) is 2.58. The van der Waals surface area contributed by atoms with Crippen LogP contribution in [0.1, 0.15) is 32.8 Å². The second-order valence-electron chi connectivity index (χ2n) is 5.54. The number of benzene rings is 1. The Balaban J connectivity index is 2.58. The number of rotatable bonds is 8. The largest absolute Gasteiger partial charge is 0.493 e. The van der Waals surface area contributed by atoms with E-state index in [1.54, 1.807) is 0 Å². The lowest BCUT2D eigenvalue weighted by atomic mass is 9.99. The van der Waals surface area contributed by atoms with Gasteiger partial charge in [-0.25, -0.2) is 13.6 Å². The molecule has 0 heterocycles. The molecule has 0 fully saturated rings. The van der Waals surface area contributed by atoms with E-state index in [4.69, 9.17) is 9.88 Å². The lowest BCUT2D eigenvalue weighted by molar-refractivity contribution is 0.225. The van der Waals surface area contributed by atoms with Crippen LogP contribution in [0.2, 0.25) is 0 Å². The minimum atomic E-state index is -3.47. The maximum absolute atomic E-state index is 11.2. The van der Waals surface area contributed by atoms with Crippen molar-refractivity contribution < 1.29 is 13.2 Å². The van der Waals surface area contributed by atoms with Crippen LogP contribution in [0.25, 0.3) is 0 Å². The summed E-state index contributed by atoms with van der Waals surface area (Å²) in [6, 6.07) is 7.95. The Labute approximate surface area is 122 Å². The summed E-state index contributed by atoms with van der Waals surface area (Å²) < 4.78 is 28.1. The number of ether oxygens (including phenoxy) is 1. The Morgan fingerprint density at radius 2 is 1.80 bits per heavy atom. The molecule has 1 unspecified atom stereocenters. The lowest BCUT2D eigenvalue weighted by Gasteiger charge is -2.20. The molecule has 0 aliphatic rings. The van der Waals surface area contributed by atoms with Crippen LogP contribution >= 0.6 is 0 Å². The molecule has 0 aromatic heterocycles. The zero-order valence-electron chi connectivity index (χ0n) is 12.5. The van der Waals surface area contributed by atoms with Gasteiger partial charge in [0, 0.05) is 5.92 Å². The van der Waals surface area contributed by atoms with Crippen molar-refractivity contribution in [3.63, 3.8) is 0 Å². The van der Waals surface area contributed by atoms with E-state index in [0.717, 1.165) is 18.6 Å². The fourth-order valence-corrected chi connectivity index (χ4v) is 3.05. The van der Waals surface area contributed by atoms with Crippen molar-refractivity contribution in [2.24, 2.45) is 17.0 Å². The molecule has 1 aromatic rings. The molecule has 0 bridgehead atoms. The van der Waals surface area contributed by atoms with E-state index in [0.29, 0.717) is 6.61 Å². The quantitative estimate of drug-likeness (QED) is 0.802. The third-order valence-corrected chi connectivity index (χ3v) is 4.21. The van der Waals surface area contributed by atoms with Gasteiger partial charge >= 0.3 is 0 Å². The van der Waals surface area contributed by atoms with Crippen molar-refractivity contribution in [1.29, 1.82) is 0 Å². The number of sulfonamides is 1. The van der Waals surface area contributed by atoms with Gasteiger partial charge in [0.1, 0.15) is 5.75 Å². The van der Waals surface area contributed by atoms with Gasteiger partial charge in [-0.3, -0.25) is 0 Å². The van der Waals surface area contributed by atoms with E-state index in [1.165, 1.54) is 5.56 Å². The average molecular weight is 299 g/mol. The summed E-state index contributed by atoms with van der Waals surface area (Å²) >= 11 is 0. The fourth-order valence-electron chi connectivity index (χ4n) is 1.98. The summed E-state index contributed by atoms with van der Waals surface area (Å²) in [6.07, 6.45) is 2.17. The van der Waals surface area contributed by atoms with Crippen molar-refractivity contribution in [2.75, 3.05) is 12.4 Å². The molecule has 0 aliphatic heterocycles. The molecule has 20 heavy (non-hydrogen) atoms. The molecular formula is C15H25NO3S. The summed E-state index contributed by atoms with van der Waals surface area (Å²) in [5, 5.41) is 5.11. The van der Waals surface area contributed by atoms with Crippen molar-refractivity contribution in [2.45, 2.75) is 33.6 Å². The number of aryl methyl sites for hydroxylation is 1. The van der Waals surface area contributed by atoms with Gasteiger partial charge in [0.25, 0.3) is 0 Å². The third kappa shape index (κ3) is 6.39. The van der Waals surface area contributed by atoms with Crippen LogP contribution in [0.3, 0.4) is 0 Å². The summed E-state index contributed by atoms with van der Waals surface area (Å²) in [4.78, 5) is 0. The predicted molar refractivity (Wildman–Crippen MR) is 82.2 cm³/mol. The highest BCUT2D eigenvalue weighted by molar-refractivity contribution is 7.89. The zero-order valence-corrected chi connectivity index (χ0v) is 13.3. The molecule has 0 saturated heterocycles. The molecule has 0 spiro atoms. The van der Waals surface area contributed by atoms with Gasteiger partial charge < -0.3 is 4.74 Å². The smallest absolute Gasteiger partial charge is 0.209 e. The minimum Gasteiger partial charge on any atom is -0.493 e. The van der Waals surface area contributed by atoms with Gasteiger partial charge in [0.15, 0.2) is 0 Å². The summed E-state index contributed by atoms with van der Waals surface area (Å²) in [5.41, 5.74) is 1.28. The van der Waals surface area contributed by atoms with Crippen LogP contribution in [0.5, 0.6) is 5.75 Å². The van der Waals surface area contributed by atoms with Crippen molar-refractivity contribution in [1.82, 2.24) is 0 Å². The van der Waals surface area contributed by atoms with E-state index in [1.807, 2.05) is 38.1 Å². The van der Waals surface area contributed by atoms with Crippen LogP contribution < -0.4 is 9.88 Å². The van der Waals surface area contributed by atoms with Gasteiger partial charge in [0.2, 0.25) is 10.0 Å². The van der Waals surface area contributed by atoms with Crippen molar-refractivity contribution in [3.05, 3.63) is 29.8 Å². The molecule has 0 aliphatic carbocycles. The highest BCUT2D eigenvalue weighted by atomic mass is 32.2. The molecule has 1 atom stereocenters. The first-order valence-electron chi connectivity index (χ1n) is 7.04. The molecule has 0 saturated carbocycles. The zero-order chi connectivity index (χ0) is 15.2. The topological polar surface area (TPSA) is 69.4 Å². The second-order valence-corrected chi connectivity index (χ2v) is 7.20. The number of hydrogen-bond donors (Lipinski definition) is 1. The SMILES string of the molecule is CCCc1ccc(OCC(CS(N)(=O)=O)C(C)C)cc1. The van der Waals surface area contributed by atoms with E-state index >= 15 is 0 Å². The molecule has 4 nitrogen and oxygen atoms in total. The highest BCUT2D eigenvalue weighted by Crippen LogP contribution is 2.18. The number of nitrogens with two attached hydrogens (primary N) is 1. The second kappa shape index (κ2) is 7.64. The average Bonchev–Trinajstić information content (AvgIpc) is 2.35. The summed E-state index contributed by atoms with van der Waals surface area (Å²) in [5.74, 6) is 0.830. The molecule has 2 N–H and O–H groups in total. The first-order valence-corrected chi connectivity index (χ1v) is 8.75. The molecule has 0 radical (unpaired) electrons. The van der Waals surface area contributed by atoms with Crippen LogP contribution in [-0.4, -0.2) is 20.8 Å². The first kappa shape index (κ1) is 17.0. The number of hydrogen-bond acceptors (Lipinski definition) is 3. The summed E-state index contributed by atoms with van der Waals surface area (Å²) in [7, 11) is -3.47. The monoisotopic (exact) mass is 299 g/mol. The Hall–Kier alpha value is -1.07. The molecule has 1 aromatic carbocycles. The molecule has 1 rings (SSSR count). The summed E-state index contributed by atoms with van der Waals surface area (Å²) in [6.45, 7) is 6.46. The van der Waals surface area contributed by atoms with Crippen LogP contribution in [0.4, 0.5) is 0 Å². The Kier molecular flexibility index (Phi) is 6.49. The molecular weight excluding hydrogens is 274 g/mol. The van der Waals surface area contributed by atoms with Gasteiger partial charge in [-0.05, 0) is 30.0 Å². The van der Waals surface area contributed by atoms with E-state index in [-0.39, 0.29) is 17.6 Å². The van der Waals surface area contributed by atoms with Crippen LogP contribution in [-0.2, 0) is 16.4 Å². The Morgan fingerprint density at radius 1 is 1.20 bits per heavy atom. The normalized spacial score (nSPS) is 13.4. The van der Waals surface area contributed by atoms with Crippen molar-refractivity contribution in [3.8, 4) is 5.75 Å². The highest BCUT2D eigenvalue weighted by Gasteiger charge is 2.20. The van der Waals surface area contributed by atoms with Crippen LogP contribution in [0.15, 0.2) is 24.3 Å². The van der Waals surface area contributed by atoms with Gasteiger partial charge in [-0.15, -0.1) is 0 Å². The molecule has 114 valence electrons. The standard InChI is InChI=1S/C15H25NO3S/c1-4-5-13-6-8-15(9-7-13)19-10-14(12(2)3)11-20(16,17)18/h6-9,12,14H,4-5,10-11H2,1-3H3,(H2,16,17,18). The Morgan fingerprint density at radius 3 is 2.25 bits per heavy atom. The maximum atomic E-state index is 11.2. The number of primary sulfonamides is 1. The third-order valence-electron chi connectivity index (χ3n) is 3.32.